The highest BCUT2D eigenvalue weighted by atomic mass is 35.5. The summed E-state index contributed by atoms with van der Waals surface area (Å²) in [5, 5.41) is 4.36. The molecule has 1 N–H and O–H groups in total. The normalized spacial score (nSPS) is 18.5. The molecule has 0 unspecified atom stereocenters. The Morgan fingerprint density at radius 2 is 1.94 bits per heavy atom. The van der Waals surface area contributed by atoms with Crippen molar-refractivity contribution in [1.82, 2.24) is 4.90 Å². The summed E-state index contributed by atoms with van der Waals surface area (Å²) in [7, 11) is 1.64. The predicted octanol–water partition coefficient (Wildman–Crippen LogP) is 3.70. The van der Waals surface area contributed by atoms with Crippen LogP contribution in [0.4, 0.5) is 11.4 Å². The van der Waals surface area contributed by atoms with Gasteiger partial charge in [-0.2, -0.15) is 0 Å². The monoisotopic (exact) mass is 441 g/mol. The Kier molecular flexibility index (Phi) is 5.48. The van der Waals surface area contributed by atoms with Crippen LogP contribution in [0.3, 0.4) is 0 Å². The fourth-order valence-corrected chi connectivity index (χ4v) is 4.94. The minimum atomic E-state index is -0.576. The van der Waals surface area contributed by atoms with E-state index in [9.17, 15) is 9.59 Å². The molecule has 0 aromatic heterocycles. The van der Waals surface area contributed by atoms with Gasteiger partial charge in [0.1, 0.15) is 0 Å². The molecule has 2 aromatic carbocycles. The molecule has 0 radical (unpaired) electrons. The van der Waals surface area contributed by atoms with Crippen LogP contribution >= 0.6 is 11.6 Å². The van der Waals surface area contributed by atoms with Crippen molar-refractivity contribution < 1.29 is 14.3 Å². The smallest absolute Gasteiger partial charge is 0.237 e. The van der Waals surface area contributed by atoms with Gasteiger partial charge in [0, 0.05) is 37.5 Å². The quantitative estimate of drug-likeness (QED) is 0.665. The van der Waals surface area contributed by atoms with Crippen LogP contribution in [0, 0.1) is 6.92 Å². The van der Waals surface area contributed by atoms with E-state index in [1.807, 2.05) is 51.1 Å². The highest BCUT2D eigenvalue weighted by molar-refractivity contribution is 6.31. The lowest BCUT2D eigenvalue weighted by Crippen LogP contribution is -2.63. The highest BCUT2D eigenvalue weighted by Crippen LogP contribution is 2.44. The van der Waals surface area contributed by atoms with Crippen molar-refractivity contribution in [2.75, 3.05) is 43.6 Å². The number of hydrogen-bond acceptors (Lipinski definition) is 4. The number of methoxy groups -OCH3 is 1. The molecule has 7 heteroatoms. The number of halogens is 1. The Bertz CT molecular complexity index is 1030. The zero-order valence-corrected chi connectivity index (χ0v) is 19.1. The summed E-state index contributed by atoms with van der Waals surface area (Å²) in [4.78, 5) is 27.9. The Labute approximate surface area is 188 Å². The molecule has 164 valence electrons. The van der Waals surface area contributed by atoms with E-state index < -0.39 is 11.0 Å². The number of likely N-dealkylation sites (tertiary alicyclic amines) is 1. The average molecular weight is 442 g/mol. The topological polar surface area (TPSA) is 61.9 Å². The lowest BCUT2D eigenvalue weighted by Gasteiger charge is -2.50. The molecule has 0 atom stereocenters. The standard InChI is InChI=1S/C24H28ClN3O3/c1-16-18(6-5-7-20(16)25)24(13-27(14-24)15-29)26-17-8-9-19-21(12-17)28(10-11-31-4)22(30)23(19,2)3/h5-9,12,15,26H,10-11,13-14H2,1-4H3. The third-order valence-corrected chi connectivity index (χ3v) is 6.93. The molecule has 6 nitrogen and oxygen atoms in total. The molecule has 1 saturated heterocycles. The second-order valence-electron chi connectivity index (χ2n) is 8.94. The molecule has 4 rings (SSSR count). The van der Waals surface area contributed by atoms with Crippen LogP contribution in [0.5, 0.6) is 0 Å². The third kappa shape index (κ3) is 3.48. The fraction of sp³-hybridized carbons (Fsp3) is 0.417. The van der Waals surface area contributed by atoms with Crippen molar-refractivity contribution in [3.05, 3.63) is 58.1 Å². The van der Waals surface area contributed by atoms with E-state index in [0.29, 0.717) is 31.3 Å². The summed E-state index contributed by atoms with van der Waals surface area (Å²) in [6.45, 7) is 7.99. The number of ether oxygens (including phenoxy) is 1. The Morgan fingerprint density at radius 1 is 1.19 bits per heavy atom. The molecular weight excluding hydrogens is 414 g/mol. The molecule has 0 spiro atoms. The highest BCUT2D eigenvalue weighted by Gasteiger charge is 2.47. The van der Waals surface area contributed by atoms with Crippen LogP contribution < -0.4 is 10.2 Å². The van der Waals surface area contributed by atoms with Crippen molar-refractivity contribution >= 4 is 35.3 Å². The molecule has 2 amide bonds. The van der Waals surface area contributed by atoms with Crippen LogP contribution in [0.1, 0.15) is 30.5 Å². The molecule has 2 aromatic rings. The molecular formula is C24H28ClN3O3. The maximum absolute atomic E-state index is 13.0. The van der Waals surface area contributed by atoms with Gasteiger partial charge in [-0.3, -0.25) is 9.59 Å². The van der Waals surface area contributed by atoms with E-state index in [4.69, 9.17) is 16.3 Å². The number of carbonyl (C=O) groups excluding carboxylic acids is 2. The Hall–Kier alpha value is -2.57. The number of nitrogens with zero attached hydrogens (tertiary/aromatic N) is 2. The van der Waals surface area contributed by atoms with Gasteiger partial charge in [0.25, 0.3) is 0 Å². The van der Waals surface area contributed by atoms with Crippen molar-refractivity contribution in [3.63, 3.8) is 0 Å². The first-order valence-corrected chi connectivity index (χ1v) is 10.8. The van der Waals surface area contributed by atoms with E-state index in [1.54, 1.807) is 16.9 Å². The molecule has 31 heavy (non-hydrogen) atoms. The summed E-state index contributed by atoms with van der Waals surface area (Å²) in [6, 6.07) is 11.9. The van der Waals surface area contributed by atoms with Crippen molar-refractivity contribution in [2.45, 2.75) is 31.7 Å². The number of benzene rings is 2. The van der Waals surface area contributed by atoms with Gasteiger partial charge >= 0.3 is 0 Å². The van der Waals surface area contributed by atoms with E-state index in [2.05, 4.69) is 11.4 Å². The molecule has 0 aliphatic carbocycles. The van der Waals surface area contributed by atoms with Gasteiger partial charge in [-0.25, -0.2) is 0 Å². The molecule has 1 fully saturated rings. The number of rotatable bonds is 7. The number of nitrogens with one attached hydrogen (secondary N) is 1. The third-order valence-electron chi connectivity index (χ3n) is 6.52. The minimum Gasteiger partial charge on any atom is -0.383 e. The first-order valence-electron chi connectivity index (χ1n) is 10.4. The lowest BCUT2D eigenvalue weighted by atomic mass is 9.80. The largest absolute Gasteiger partial charge is 0.383 e. The van der Waals surface area contributed by atoms with E-state index >= 15 is 0 Å². The zero-order valence-electron chi connectivity index (χ0n) is 18.4. The SMILES string of the molecule is COCCN1C(=O)C(C)(C)c2ccc(NC3(c4cccc(Cl)c4C)CN(C=O)C3)cc21. The van der Waals surface area contributed by atoms with Crippen molar-refractivity contribution in [2.24, 2.45) is 0 Å². The number of fused-ring (bicyclic) bond motifs is 1. The van der Waals surface area contributed by atoms with Crippen molar-refractivity contribution in [3.8, 4) is 0 Å². The predicted molar refractivity (Wildman–Crippen MR) is 123 cm³/mol. The van der Waals surface area contributed by atoms with Gasteiger partial charge < -0.3 is 19.9 Å². The minimum absolute atomic E-state index is 0.0767. The molecule has 2 aliphatic heterocycles. The number of carbonyl (C=O) groups is 2. The van der Waals surface area contributed by atoms with E-state index in [1.165, 1.54) is 0 Å². The summed E-state index contributed by atoms with van der Waals surface area (Å²) in [6.07, 6.45) is 0.871. The second-order valence-corrected chi connectivity index (χ2v) is 9.34. The second kappa shape index (κ2) is 7.84. The number of hydrogen-bond donors (Lipinski definition) is 1. The van der Waals surface area contributed by atoms with E-state index in [0.717, 1.165) is 34.5 Å². The number of amides is 2. The Balaban J connectivity index is 1.72. The van der Waals surface area contributed by atoms with Gasteiger partial charge in [-0.15, -0.1) is 0 Å². The molecule has 0 bridgehead atoms. The average Bonchev–Trinajstić information content (AvgIpc) is 2.90. The first-order chi connectivity index (χ1) is 14.7. The molecule has 2 aliphatic rings. The molecule has 0 saturated carbocycles. The maximum atomic E-state index is 13.0. The first kappa shape index (κ1) is 21.7. The van der Waals surface area contributed by atoms with Crippen LogP contribution in [0.15, 0.2) is 36.4 Å². The van der Waals surface area contributed by atoms with Crippen LogP contribution in [0.2, 0.25) is 5.02 Å². The fourth-order valence-electron chi connectivity index (χ4n) is 4.77. The summed E-state index contributed by atoms with van der Waals surface area (Å²) < 4.78 is 5.22. The van der Waals surface area contributed by atoms with Crippen LogP contribution in [-0.2, 0) is 25.3 Å². The van der Waals surface area contributed by atoms with Crippen LogP contribution in [-0.4, -0.2) is 50.6 Å². The maximum Gasteiger partial charge on any atom is 0.237 e. The molecule has 2 heterocycles. The van der Waals surface area contributed by atoms with Gasteiger partial charge in [-0.1, -0.05) is 29.8 Å². The van der Waals surface area contributed by atoms with Gasteiger partial charge in [0.05, 0.1) is 23.2 Å². The summed E-state index contributed by atoms with van der Waals surface area (Å²) in [5.41, 5.74) is 3.88. The van der Waals surface area contributed by atoms with Gasteiger partial charge in [-0.05, 0) is 55.7 Å². The van der Waals surface area contributed by atoms with Gasteiger partial charge in [0.15, 0.2) is 0 Å². The van der Waals surface area contributed by atoms with Crippen LogP contribution in [0.25, 0.3) is 0 Å². The van der Waals surface area contributed by atoms with E-state index in [-0.39, 0.29) is 5.91 Å². The van der Waals surface area contributed by atoms with Crippen molar-refractivity contribution in [1.29, 1.82) is 0 Å². The zero-order chi connectivity index (χ0) is 22.4. The lowest BCUT2D eigenvalue weighted by molar-refractivity contribution is -0.124. The number of anilines is 2. The Morgan fingerprint density at radius 3 is 2.61 bits per heavy atom. The summed E-state index contributed by atoms with van der Waals surface area (Å²) in [5.74, 6) is 0.0767. The van der Waals surface area contributed by atoms with Gasteiger partial charge in [0.2, 0.25) is 12.3 Å². The summed E-state index contributed by atoms with van der Waals surface area (Å²) >= 11 is 6.40.